The number of rotatable bonds is 8. The molecule has 0 radical (unpaired) electrons. The first-order valence-electron chi connectivity index (χ1n) is 9.97. The number of pyridine rings is 1. The van der Waals surface area contributed by atoms with Crippen LogP contribution in [0, 0.1) is 5.92 Å². The van der Waals surface area contributed by atoms with E-state index >= 15 is 0 Å². The fraction of sp³-hybridized carbons (Fsp3) is 0.650. The number of hydrogen-bond donors (Lipinski definition) is 2. The van der Waals surface area contributed by atoms with Gasteiger partial charge in [-0.15, -0.1) is 0 Å². The summed E-state index contributed by atoms with van der Waals surface area (Å²) in [6.45, 7) is 11.7. The molecule has 28 heavy (non-hydrogen) atoms. The van der Waals surface area contributed by atoms with Crippen LogP contribution in [0.15, 0.2) is 18.3 Å². The lowest BCUT2D eigenvalue weighted by atomic mass is 10.0. The largest absolute Gasteiger partial charge is 0.453 e. The third-order valence-corrected chi connectivity index (χ3v) is 4.92. The molecule has 0 bridgehead atoms. The Labute approximate surface area is 167 Å². The van der Waals surface area contributed by atoms with Crippen LogP contribution in [0.25, 0.3) is 0 Å². The normalized spacial score (nSPS) is 16.0. The number of ether oxygens (including phenoxy) is 1. The summed E-state index contributed by atoms with van der Waals surface area (Å²) in [5, 5.41) is 5.47. The van der Waals surface area contributed by atoms with E-state index in [-0.39, 0.29) is 11.8 Å². The number of nitrogens with one attached hydrogen (secondary N) is 2. The number of aromatic nitrogens is 1. The fourth-order valence-corrected chi connectivity index (χ4v) is 3.22. The van der Waals surface area contributed by atoms with Crippen LogP contribution >= 0.6 is 0 Å². The molecule has 8 heteroatoms. The quantitative estimate of drug-likeness (QED) is 0.700. The first-order chi connectivity index (χ1) is 13.4. The van der Waals surface area contributed by atoms with E-state index in [1.165, 1.54) is 7.11 Å². The third kappa shape index (κ3) is 6.67. The van der Waals surface area contributed by atoms with Crippen LogP contribution in [0.5, 0.6) is 0 Å². The topological polar surface area (TPSA) is 86.8 Å². The molecule has 0 aliphatic carbocycles. The number of carbonyl (C=O) groups excluding carboxylic acids is 2. The highest BCUT2D eigenvalue weighted by atomic mass is 16.5. The number of nitrogens with zero attached hydrogens (tertiary/aromatic N) is 3. The van der Waals surface area contributed by atoms with Crippen LogP contribution in [-0.2, 0) is 16.1 Å². The number of carbonyl (C=O) groups is 2. The molecule has 1 aliphatic heterocycles. The Morgan fingerprint density at radius 2 is 1.93 bits per heavy atom. The molecule has 2 amide bonds. The van der Waals surface area contributed by atoms with Gasteiger partial charge in [0.25, 0.3) is 0 Å². The maximum absolute atomic E-state index is 12.5. The molecular formula is C20H33N5O3. The van der Waals surface area contributed by atoms with Gasteiger partial charge in [-0.25, -0.2) is 9.78 Å². The average Bonchev–Trinajstić information content (AvgIpc) is 2.71. The van der Waals surface area contributed by atoms with Crippen molar-refractivity contribution in [2.75, 3.05) is 44.7 Å². The van der Waals surface area contributed by atoms with Gasteiger partial charge in [0.1, 0.15) is 11.9 Å². The van der Waals surface area contributed by atoms with Crippen molar-refractivity contribution in [2.45, 2.75) is 39.8 Å². The fourth-order valence-electron chi connectivity index (χ4n) is 3.22. The summed E-state index contributed by atoms with van der Waals surface area (Å²) in [6, 6.07) is 3.37. The highest BCUT2D eigenvalue weighted by Gasteiger charge is 2.22. The van der Waals surface area contributed by atoms with E-state index in [1.54, 1.807) is 6.20 Å². The van der Waals surface area contributed by atoms with E-state index in [0.29, 0.717) is 13.0 Å². The monoisotopic (exact) mass is 391 g/mol. The van der Waals surface area contributed by atoms with Gasteiger partial charge in [0.15, 0.2) is 0 Å². The average molecular weight is 392 g/mol. The maximum Gasteiger partial charge on any atom is 0.407 e. The smallest absolute Gasteiger partial charge is 0.407 e. The predicted molar refractivity (Wildman–Crippen MR) is 109 cm³/mol. The molecule has 156 valence electrons. The van der Waals surface area contributed by atoms with Crippen LogP contribution in [-0.4, -0.2) is 67.8 Å². The minimum absolute atomic E-state index is 0.223. The molecule has 0 aromatic carbocycles. The Morgan fingerprint density at radius 3 is 2.46 bits per heavy atom. The van der Waals surface area contributed by atoms with E-state index in [1.807, 2.05) is 26.0 Å². The van der Waals surface area contributed by atoms with Crippen LogP contribution < -0.4 is 15.5 Å². The SMILES string of the molecule is CCN1CCN(c2ccc(CNC(=O)C(CC(C)C)NC(=O)OC)cn2)CC1. The van der Waals surface area contributed by atoms with Crippen LogP contribution in [0.3, 0.4) is 0 Å². The Hall–Kier alpha value is -2.35. The Bertz CT molecular complexity index is 627. The molecule has 0 saturated carbocycles. The van der Waals surface area contributed by atoms with Crippen molar-refractivity contribution < 1.29 is 14.3 Å². The third-order valence-electron chi connectivity index (χ3n) is 4.92. The molecule has 8 nitrogen and oxygen atoms in total. The van der Waals surface area contributed by atoms with Gasteiger partial charge in [-0.2, -0.15) is 0 Å². The summed E-state index contributed by atoms with van der Waals surface area (Å²) in [6.07, 6.45) is 1.74. The highest BCUT2D eigenvalue weighted by molar-refractivity contribution is 5.85. The summed E-state index contributed by atoms with van der Waals surface area (Å²) < 4.78 is 4.61. The molecule has 1 saturated heterocycles. The molecule has 1 fully saturated rings. The number of hydrogen-bond acceptors (Lipinski definition) is 6. The van der Waals surface area contributed by atoms with E-state index in [9.17, 15) is 9.59 Å². The highest BCUT2D eigenvalue weighted by Crippen LogP contribution is 2.14. The van der Waals surface area contributed by atoms with Crippen molar-refractivity contribution >= 4 is 17.8 Å². The van der Waals surface area contributed by atoms with Crippen LogP contribution in [0.2, 0.25) is 0 Å². The Kier molecular flexibility index (Phi) is 8.50. The van der Waals surface area contributed by atoms with Gasteiger partial charge >= 0.3 is 6.09 Å². The van der Waals surface area contributed by atoms with Gasteiger partial charge in [-0.05, 0) is 30.5 Å². The first kappa shape index (κ1) is 21.9. The summed E-state index contributed by atoms with van der Waals surface area (Å²) in [5.74, 6) is 1.01. The second kappa shape index (κ2) is 10.8. The molecule has 2 heterocycles. The summed E-state index contributed by atoms with van der Waals surface area (Å²) in [5.41, 5.74) is 0.922. The number of anilines is 1. The lowest BCUT2D eigenvalue weighted by Gasteiger charge is -2.34. The van der Waals surface area contributed by atoms with Crippen molar-refractivity contribution in [2.24, 2.45) is 5.92 Å². The number of likely N-dealkylation sites (N-methyl/N-ethyl adjacent to an activating group) is 1. The van der Waals surface area contributed by atoms with Crippen LogP contribution in [0.4, 0.5) is 10.6 Å². The minimum atomic E-state index is -0.616. The summed E-state index contributed by atoms with van der Waals surface area (Å²) in [4.78, 5) is 33.2. The van der Waals surface area contributed by atoms with Crippen molar-refractivity contribution in [1.29, 1.82) is 0 Å². The molecular weight excluding hydrogens is 358 g/mol. The van der Waals surface area contributed by atoms with Gasteiger partial charge < -0.3 is 25.2 Å². The van der Waals surface area contributed by atoms with Crippen molar-refractivity contribution in [3.63, 3.8) is 0 Å². The van der Waals surface area contributed by atoms with Crippen LogP contribution in [0.1, 0.15) is 32.8 Å². The molecule has 1 aromatic rings. The van der Waals surface area contributed by atoms with E-state index in [0.717, 1.165) is 44.1 Å². The number of piperazine rings is 1. The molecule has 2 N–H and O–H groups in total. The standard InChI is InChI=1S/C20H33N5O3/c1-5-24-8-10-25(11-9-24)18-7-6-16(13-21-18)14-22-19(26)17(12-15(2)3)23-20(27)28-4/h6-7,13,15,17H,5,8-12,14H2,1-4H3,(H,22,26)(H,23,27). The lowest BCUT2D eigenvalue weighted by molar-refractivity contribution is -0.123. The van der Waals surface area contributed by atoms with Crippen molar-refractivity contribution in [3.8, 4) is 0 Å². The van der Waals surface area contributed by atoms with Crippen molar-refractivity contribution in [3.05, 3.63) is 23.9 Å². The van der Waals surface area contributed by atoms with Gasteiger partial charge in [0, 0.05) is 38.9 Å². The zero-order chi connectivity index (χ0) is 20.5. The Morgan fingerprint density at radius 1 is 1.21 bits per heavy atom. The molecule has 2 rings (SSSR count). The molecule has 1 aliphatic rings. The van der Waals surface area contributed by atoms with Gasteiger partial charge in [0.2, 0.25) is 5.91 Å². The minimum Gasteiger partial charge on any atom is -0.453 e. The number of methoxy groups -OCH3 is 1. The van der Waals surface area contributed by atoms with E-state index in [2.05, 4.69) is 37.1 Å². The second-order valence-electron chi connectivity index (χ2n) is 7.48. The number of amides is 2. The molecule has 0 spiro atoms. The van der Waals surface area contributed by atoms with Gasteiger partial charge in [-0.1, -0.05) is 26.8 Å². The summed E-state index contributed by atoms with van der Waals surface area (Å²) in [7, 11) is 1.29. The van der Waals surface area contributed by atoms with E-state index < -0.39 is 12.1 Å². The summed E-state index contributed by atoms with van der Waals surface area (Å²) >= 11 is 0. The second-order valence-corrected chi connectivity index (χ2v) is 7.48. The van der Waals surface area contributed by atoms with Crippen molar-refractivity contribution in [1.82, 2.24) is 20.5 Å². The first-order valence-corrected chi connectivity index (χ1v) is 9.97. The molecule has 1 atom stereocenters. The van der Waals surface area contributed by atoms with Gasteiger partial charge in [-0.3, -0.25) is 4.79 Å². The van der Waals surface area contributed by atoms with E-state index in [4.69, 9.17) is 0 Å². The molecule has 1 aromatic heterocycles. The predicted octanol–water partition coefficient (Wildman–Crippen LogP) is 1.61. The zero-order valence-corrected chi connectivity index (χ0v) is 17.4. The lowest BCUT2D eigenvalue weighted by Crippen LogP contribution is -2.47. The maximum atomic E-state index is 12.5. The molecule has 1 unspecified atom stereocenters. The Balaban J connectivity index is 1.87. The number of alkyl carbamates (subject to hydrolysis) is 1. The zero-order valence-electron chi connectivity index (χ0n) is 17.4. The van der Waals surface area contributed by atoms with Gasteiger partial charge in [0.05, 0.1) is 7.11 Å².